The summed E-state index contributed by atoms with van der Waals surface area (Å²) in [5, 5.41) is 7.28. The third-order valence-electron chi connectivity index (χ3n) is 3.05. The van der Waals surface area contributed by atoms with Crippen LogP contribution in [0.5, 0.6) is 0 Å². The quantitative estimate of drug-likeness (QED) is 0.882. The van der Waals surface area contributed by atoms with Crippen LogP contribution in [-0.4, -0.2) is 15.7 Å². The van der Waals surface area contributed by atoms with Gasteiger partial charge in [0.15, 0.2) is 0 Å². The van der Waals surface area contributed by atoms with Crippen molar-refractivity contribution in [3.8, 4) is 0 Å². The molecule has 20 heavy (non-hydrogen) atoms. The highest BCUT2D eigenvalue weighted by Crippen LogP contribution is 2.14. The number of hydrogen-bond acceptors (Lipinski definition) is 2. The Morgan fingerprint density at radius 3 is 2.75 bits per heavy atom. The van der Waals surface area contributed by atoms with Crippen LogP contribution < -0.4 is 5.32 Å². The SMILES string of the molecule is CCn1cc(Br)c(CNC(=O)CCc2ccccc2)n1. The molecule has 0 spiro atoms. The van der Waals surface area contributed by atoms with E-state index in [0.717, 1.165) is 23.1 Å². The third kappa shape index (κ3) is 4.20. The number of nitrogens with zero attached hydrogens (tertiary/aromatic N) is 2. The van der Waals surface area contributed by atoms with Gasteiger partial charge in [-0.15, -0.1) is 0 Å². The van der Waals surface area contributed by atoms with Crippen molar-refractivity contribution in [1.29, 1.82) is 0 Å². The summed E-state index contributed by atoms with van der Waals surface area (Å²) in [6, 6.07) is 10.0. The van der Waals surface area contributed by atoms with Crippen molar-refractivity contribution >= 4 is 21.8 Å². The normalized spacial score (nSPS) is 10.5. The molecule has 0 aliphatic carbocycles. The molecule has 0 aliphatic heterocycles. The lowest BCUT2D eigenvalue weighted by molar-refractivity contribution is -0.121. The van der Waals surface area contributed by atoms with Gasteiger partial charge in [-0.05, 0) is 34.8 Å². The first-order valence-electron chi connectivity index (χ1n) is 6.71. The molecule has 0 fully saturated rings. The van der Waals surface area contributed by atoms with E-state index in [4.69, 9.17) is 0 Å². The first-order chi connectivity index (χ1) is 9.69. The minimum absolute atomic E-state index is 0.0480. The fraction of sp³-hybridized carbons (Fsp3) is 0.333. The predicted molar refractivity (Wildman–Crippen MR) is 82.2 cm³/mol. The third-order valence-corrected chi connectivity index (χ3v) is 3.71. The number of benzene rings is 1. The predicted octanol–water partition coefficient (Wildman–Crippen LogP) is 2.91. The van der Waals surface area contributed by atoms with Crippen LogP contribution in [0.4, 0.5) is 0 Å². The second-order valence-corrected chi connectivity index (χ2v) is 5.40. The molecule has 0 unspecified atom stereocenters. The summed E-state index contributed by atoms with van der Waals surface area (Å²) < 4.78 is 2.78. The Kier molecular flexibility index (Phi) is 5.35. The summed E-state index contributed by atoms with van der Waals surface area (Å²) in [5.74, 6) is 0.0480. The molecule has 4 nitrogen and oxygen atoms in total. The average molecular weight is 336 g/mol. The van der Waals surface area contributed by atoms with Crippen LogP contribution in [0.1, 0.15) is 24.6 Å². The average Bonchev–Trinajstić information content (AvgIpc) is 2.84. The summed E-state index contributed by atoms with van der Waals surface area (Å²) in [7, 11) is 0. The molecule has 106 valence electrons. The molecule has 0 atom stereocenters. The molecule has 1 aromatic heterocycles. The Bertz CT molecular complexity index is 566. The van der Waals surface area contributed by atoms with Crippen LogP contribution in [0, 0.1) is 0 Å². The molecule has 2 rings (SSSR count). The molecule has 1 aromatic carbocycles. The number of rotatable bonds is 6. The highest BCUT2D eigenvalue weighted by Gasteiger charge is 2.08. The van der Waals surface area contributed by atoms with Crippen molar-refractivity contribution in [2.75, 3.05) is 0 Å². The van der Waals surface area contributed by atoms with E-state index in [-0.39, 0.29) is 5.91 Å². The zero-order chi connectivity index (χ0) is 14.4. The van der Waals surface area contributed by atoms with Gasteiger partial charge in [0.25, 0.3) is 0 Å². The first kappa shape index (κ1) is 14.8. The van der Waals surface area contributed by atoms with Crippen molar-refractivity contribution in [2.24, 2.45) is 0 Å². The van der Waals surface area contributed by atoms with Crippen LogP contribution in [-0.2, 0) is 24.3 Å². The van der Waals surface area contributed by atoms with Gasteiger partial charge in [-0.1, -0.05) is 30.3 Å². The maximum Gasteiger partial charge on any atom is 0.220 e. The highest BCUT2D eigenvalue weighted by atomic mass is 79.9. The molecule has 1 heterocycles. The Morgan fingerprint density at radius 2 is 2.10 bits per heavy atom. The molecule has 0 saturated carbocycles. The van der Waals surface area contributed by atoms with Gasteiger partial charge in [0.1, 0.15) is 0 Å². The van der Waals surface area contributed by atoms with E-state index >= 15 is 0 Å². The van der Waals surface area contributed by atoms with Gasteiger partial charge in [-0.3, -0.25) is 9.48 Å². The van der Waals surface area contributed by atoms with Gasteiger partial charge in [0.2, 0.25) is 5.91 Å². The van der Waals surface area contributed by atoms with Gasteiger partial charge in [0, 0.05) is 19.2 Å². The monoisotopic (exact) mass is 335 g/mol. The Balaban J connectivity index is 1.79. The maximum atomic E-state index is 11.8. The zero-order valence-corrected chi connectivity index (χ0v) is 13.1. The van der Waals surface area contributed by atoms with E-state index in [1.807, 2.05) is 48.1 Å². The molecular formula is C15H18BrN3O. The van der Waals surface area contributed by atoms with Crippen molar-refractivity contribution in [3.63, 3.8) is 0 Å². The van der Waals surface area contributed by atoms with E-state index in [1.165, 1.54) is 5.56 Å². The number of carbonyl (C=O) groups excluding carboxylic acids is 1. The number of aryl methyl sites for hydroxylation is 2. The smallest absolute Gasteiger partial charge is 0.220 e. The molecular weight excluding hydrogens is 318 g/mol. The van der Waals surface area contributed by atoms with Gasteiger partial charge in [-0.2, -0.15) is 5.10 Å². The van der Waals surface area contributed by atoms with Crippen molar-refractivity contribution in [2.45, 2.75) is 32.9 Å². The van der Waals surface area contributed by atoms with Crippen LogP contribution in [0.15, 0.2) is 41.0 Å². The minimum atomic E-state index is 0.0480. The zero-order valence-electron chi connectivity index (χ0n) is 11.5. The summed E-state index contributed by atoms with van der Waals surface area (Å²) in [4.78, 5) is 11.8. The lowest BCUT2D eigenvalue weighted by Crippen LogP contribution is -2.23. The molecule has 0 saturated heterocycles. The number of amides is 1. The molecule has 1 N–H and O–H groups in total. The lowest BCUT2D eigenvalue weighted by atomic mass is 10.1. The standard InChI is InChI=1S/C15H18BrN3O/c1-2-19-11-13(16)14(18-19)10-17-15(20)9-8-12-6-4-3-5-7-12/h3-7,11H,2,8-10H2,1H3,(H,17,20). The van der Waals surface area contributed by atoms with Crippen LogP contribution in [0.25, 0.3) is 0 Å². The number of carbonyl (C=O) groups is 1. The summed E-state index contributed by atoms with van der Waals surface area (Å²) in [6.45, 7) is 3.31. The Hall–Kier alpha value is -1.62. The van der Waals surface area contributed by atoms with Crippen LogP contribution in [0.3, 0.4) is 0 Å². The molecule has 1 amide bonds. The lowest BCUT2D eigenvalue weighted by Gasteiger charge is -2.04. The second kappa shape index (κ2) is 7.24. The van der Waals surface area contributed by atoms with E-state index < -0.39 is 0 Å². The van der Waals surface area contributed by atoms with Gasteiger partial charge < -0.3 is 5.32 Å². The Labute approximate surface area is 127 Å². The van der Waals surface area contributed by atoms with Gasteiger partial charge in [-0.25, -0.2) is 0 Å². The largest absolute Gasteiger partial charge is 0.350 e. The molecule has 2 aromatic rings. The first-order valence-corrected chi connectivity index (χ1v) is 7.50. The summed E-state index contributed by atoms with van der Waals surface area (Å²) in [6.07, 6.45) is 3.18. The molecule has 0 radical (unpaired) electrons. The van der Waals surface area contributed by atoms with Crippen LogP contribution in [0.2, 0.25) is 0 Å². The summed E-state index contributed by atoms with van der Waals surface area (Å²) in [5.41, 5.74) is 2.04. The second-order valence-electron chi connectivity index (χ2n) is 4.54. The molecule has 5 heteroatoms. The molecule has 0 aliphatic rings. The number of hydrogen-bond donors (Lipinski definition) is 1. The van der Waals surface area contributed by atoms with Gasteiger partial charge in [0.05, 0.1) is 16.7 Å². The van der Waals surface area contributed by atoms with Crippen molar-refractivity contribution in [3.05, 3.63) is 52.3 Å². The number of halogens is 1. The molecule has 0 bridgehead atoms. The van der Waals surface area contributed by atoms with E-state index in [9.17, 15) is 4.79 Å². The minimum Gasteiger partial charge on any atom is -0.350 e. The number of aromatic nitrogens is 2. The van der Waals surface area contributed by atoms with Crippen LogP contribution >= 0.6 is 15.9 Å². The van der Waals surface area contributed by atoms with E-state index in [2.05, 4.69) is 26.3 Å². The topological polar surface area (TPSA) is 46.9 Å². The summed E-state index contributed by atoms with van der Waals surface area (Å²) >= 11 is 3.45. The number of nitrogens with one attached hydrogen (secondary N) is 1. The Morgan fingerprint density at radius 1 is 1.35 bits per heavy atom. The maximum absolute atomic E-state index is 11.8. The van der Waals surface area contributed by atoms with Crippen molar-refractivity contribution < 1.29 is 4.79 Å². The highest BCUT2D eigenvalue weighted by molar-refractivity contribution is 9.10. The fourth-order valence-corrected chi connectivity index (χ4v) is 2.35. The fourth-order valence-electron chi connectivity index (χ4n) is 1.89. The van der Waals surface area contributed by atoms with E-state index in [1.54, 1.807) is 0 Å². The van der Waals surface area contributed by atoms with Crippen molar-refractivity contribution in [1.82, 2.24) is 15.1 Å². The van der Waals surface area contributed by atoms with E-state index in [0.29, 0.717) is 13.0 Å². The van der Waals surface area contributed by atoms with Gasteiger partial charge >= 0.3 is 0 Å².